The first kappa shape index (κ1) is 14.6. The van der Waals surface area contributed by atoms with Crippen molar-refractivity contribution in [2.24, 2.45) is 5.92 Å². The van der Waals surface area contributed by atoms with Gasteiger partial charge in [-0.15, -0.1) is 0 Å². The molecule has 4 heteroatoms. The molecule has 0 fully saturated rings. The number of hydrogen-bond donors (Lipinski definition) is 1. The highest BCUT2D eigenvalue weighted by Gasteiger charge is 2.08. The average molecular weight is 316 g/mol. The highest BCUT2D eigenvalue weighted by molar-refractivity contribution is 9.10. The normalized spacial score (nSPS) is 12.2. The third-order valence-electron chi connectivity index (χ3n) is 2.48. The molecule has 0 saturated carbocycles. The number of halogens is 1. The van der Waals surface area contributed by atoms with Crippen molar-refractivity contribution in [1.82, 2.24) is 5.32 Å². The molecular weight excluding hydrogens is 298 g/mol. The SMILES string of the molecule is CSCC(C)CNC(=O)c1ccc(Br)c(C)c1. The van der Waals surface area contributed by atoms with E-state index in [0.29, 0.717) is 5.92 Å². The number of carbonyl (C=O) groups is 1. The predicted octanol–water partition coefficient (Wildman–Crippen LogP) is 3.49. The van der Waals surface area contributed by atoms with Crippen molar-refractivity contribution in [3.05, 3.63) is 33.8 Å². The Labute approximate surface area is 116 Å². The molecule has 0 aliphatic rings. The molecule has 0 bridgehead atoms. The molecule has 0 aliphatic carbocycles. The van der Waals surface area contributed by atoms with Gasteiger partial charge in [-0.3, -0.25) is 4.79 Å². The summed E-state index contributed by atoms with van der Waals surface area (Å²) in [4.78, 5) is 11.9. The van der Waals surface area contributed by atoms with E-state index in [1.54, 1.807) is 11.8 Å². The van der Waals surface area contributed by atoms with Gasteiger partial charge in [0.15, 0.2) is 0 Å². The number of thioether (sulfide) groups is 1. The average Bonchev–Trinajstić information content (AvgIpc) is 2.30. The van der Waals surface area contributed by atoms with Gasteiger partial charge < -0.3 is 5.32 Å². The van der Waals surface area contributed by atoms with Crippen LogP contribution >= 0.6 is 27.7 Å². The van der Waals surface area contributed by atoms with Crippen molar-refractivity contribution < 1.29 is 4.79 Å². The first-order valence-electron chi connectivity index (χ1n) is 5.58. The molecule has 1 atom stereocenters. The van der Waals surface area contributed by atoms with Gasteiger partial charge in [-0.25, -0.2) is 0 Å². The number of amides is 1. The largest absolute Gasteiger partial charge is 0.352 e. The molecule has 0 aromatic heterocycles. The van der Waals surface area contributed by atoms with E-state index >= 15 is 0 Å². The zero-order valence-corrected chi connectivity index (χ0v) is 12.8. The quantitative estimate of drug-likeness (QED) is 0.901. The third-order valence-corrected chi connectivity index (χ3v) is 4.27. The zero-order valence-electron chi connectivity index (χ0n) is 10.4. The van der Waals surface area contributed by atoms with Gasteiger partial charge >= 0.3 is 0 Å². The summed E-state index contributed by atoms with van der Waals surface area (Å²) >= 11 is 5.23. The number of rotatable bonds is 5. The van der Waals surface area contributed by atoms with E-state index in [1.165, 1.54) is 0 Å². The van der Waals surface area contributed by atoms with Gasteiger partial charge in [0, 0.05) is 16.6 Å². The number of benzene rings is 1. The van der Waals surface area contributed by atoms with Crippen molar-refractivity contribution in [3.8, 4) is 0 Å². The summed E-state index contributed by atoms with van der Waals surface area (Å²) in [7, 11) is 0. The summed E-state index contributed by atoms with van der Waals surface area (Å²) in [5.41, 5.74) is 1.80. The Morgan fingerprint density at radius 2 is 2.24 bits per heavy atom. The second kappa shape index (κ2) is 7.07. The molecule has 0 saturated heterocycles. The molecule has 0 aliphatic heterocycles. The molecule has 1 N–H and O–H groups in total. The van der Waals surface area contributed by atoms with E-state index in [9.17, 15) is 4.79 Å². The van der Waals surface area contributed by atoms with Gasteiger partial charge in [-0.2, -0.15) is 11.8 Å². The molecule has 0 heterocycles. The highest BCUT2D eigenvalue weighted by atomic mass is 79.9. The monoisotopic (exact) mass is 315 g/mol. The van der Waals surface area contributed by atoms with Crippen molar-refractivity contribution in [2.75, 3.05) is 18.6 Å². The van der Waals surface area contributed by atoms with E-state index in [0.717, 1.165) is 27.9 Å². The van der Waals surface area contributed by atoms with Crippen LogP contribution in [0.1, 0.15) is 22.8 Å². The lowest BCUT2D eigenvalue weighted by Gasteiger charge is -2.11. The number of hydrogen-bond acceptors (Lipinski definition) is 2. The number of aryl methyl sites for hydroxylation is 1. The van der Waals surface area contributed by atoms with Crippen LogP contribution in [-0.4, -0.2) is 24.5 Å². The van der Waals surface area contributed by atoms with Gasteiger partial charge in [-0.1, -0.05) is 22.9 Å². The minimum atomic E-state index is 0.00792. The minimum absolute atomic E-state index is 0.00792. The van der Waals surface area contributed by atoms with E-state index in [4.69, 9.17) is 0 Å². The van der Waals surface area contributed by atoms with Crippen LogP contribution in [0, 0.1) is 12.8 Å². The van der Waals surface area contributed by atoms with Crippen molar-refractivity contribution in [3.63, 3.8) is 0 Å². The van der Waals surface area contributed by atoms with Crippen LogP contribution in [0.5, 0.6) is 0 Å². The first-order chi connectivity index (χ1) is 8.04. The van der Waals surface area contributed by atoms with Crippen molar-refractivity contribution in [1.29, 1.82) is 0 Å². The van der Waals surface area contributed by atoms with E-state index < -0.39 is 0 Å². The van der Waals surface area contributed by atoms with Crippen LogP contribution in [0.2, 0.25) is 0 Å². The van der Waals surface area contributed by atoms with Crippen LogP contribution in [0.25, 0.3) is 0 Å². The lowest BCUT2D eigenvalue weighted by Crippen LogP contribution is -2.29. The van der Waals surface area contributed by atoms with E-state index in [1.807, 2.05) is 25.1 Å². The fourth-order valence-electron chi connectivity index (χ4n) is 1.50. The molecule has 0 spiro atoms. The molecule has 94 valence electrons. The zero-order chi connectivity index (χ0) is 12.8. The Bertz CT molecular complexity index is 395. The summed E-state index contributed by atoms with van der Waals surface area (Å²) in [6, 6.07) is 5.65. The lowest BCUT2D eigenvalue weighted by molar-refractivity contribution is 0.0949. The predicted molar refractivity (Wildman–Crippen MR) is 78.8 cm³/mol. The smallest absolute Gasteiger partial charge is 0.251 e. The highest BCUT2D eigenvalue weighted by Crippen LogP contribution is 2.17. The van der Waals surface area contributed by atoms with Gasteiger partial charge in [0.25, 0.3) is 5.91 Å². The second-order valence-corrected chi connectivity index (χ2v) is 6.00. The van der Waals surface area contributed by atoms with Crippen LogP contribution in [0.3, 0.4) is 0 Å². The number of nitrogens with one attached hydrogen (secondary N) is 1. The lowest BCUT2D eigenvalue weighted by atomic mass is 10.1. The van der Waals surface area contributed by atoms with Crippen molar-refractivity contribution >= 4 is 33.6 Å². The molecule has 1 unspecified atom stereocenters. The first-order valence-corrected chi connectivity index (χ1v) is 7.76. The van der Waals surface area contributed by atoms with Gasteiger partial charge in [0.1, 0.15) is 0 Å². The van der Waals surface area contributed by atoms with Crippen LogP contribution in [-0.2, 0) is 0 Å². The maximum Gasteiger partial charge on any atom is 0.251 e. The second-order valence-electron chi connectivity index (χ2n) is 4.23. The Balaban J connectivity index is 2.55. The molecule has 1 rings (SSSR count). The van der Waals surface area contributed by atoms with Crippen LogP contribution in [0.15, 0.2) is 22.7 Å². The molecule has 17 heavy (non-hydrogen) atoms. The summed E-state index contributed by atoms with van der Waals surface area (Å²) in [6.45, 7) is 4.86. The molecule has 1 amide bonds. The summed E-state index contributed by atoms with van der Waals surface area (Å²) in [6.07, 6.45) is 2.08. The van der Waals surface area contributed by atoms with Gasteiger partial charge in [0.2, 0.25) is 0 Å². The van der Waals surface area contributed by atoms with E-state index in [2.05, 4.69) is 34.4 Å². The molecule has 2 nitrogen and oxygen atoms in total. The standard InChI is InChI=1S/C13H18BrNOS/c1-9(8-17-3)7-15-13(16)11-4-5-12(14)10(2)6-11/h4-6,9H,7-8H2,1-3H3,(H,15,16). The Hall–Kier alpha value is -0.480. The van der Waals surface area contributed by atoms with Gasteiger partial charge in [-0.05, 0) is 48.6 Å². The fraction of sp³-hybridized carbons (Fsp3) is 0.462. The molecule has 1 aromatic rings. The number of carbonyl (C=O) groups excluding carboxylic acids is 1. The topological polar surface area (TPSA) is 29.1 Å². The molecular formula is C13H18BrNOS. The van der Waals surface area contributed by atoms with Crippen molar-refractivity contribution in [2.45, 2.75) is 13.8 Å². The molecule has 1 aromatic carbocycles. The Morgan fingerprint density at radius 1 is 1.53 bits per heavy atom. The Kier molecular flexibility index (Phi) is 6.06. The summed E-state index contributed by atoms with van der Waals surface area (Å²) < 4.78 is 1.03. The maximum atomic E-state index is 11.9. The fourth-order valence-corrected chi connectivity index (χ4v) is 2.43. The third kappa shape index (κ3) is 4.72. The summed E-state index contributed by atoms with van der Waals surface area (Å²) in [5.74, 6) is 1.58. The summed E-state index contributed by atoms with van der Waals surface area (Å²) in [5, 5.41) is 2.96. The molecule has 0 radical (unpaired) electrons. The maximum absolute atomic E-state index is 11.9. The van der Waals surface area contributed by atoms with Crippen LogP contribution in [0.4, 0.5) is 0 Å². The van der Waals surface area contributed by atoms with E-state index in [-0.39, 0.29) is 5.91 Å². The Morgan fingerprint density at radius 3 is 2.82 bits per heavy atom. The van der Waals surface area contributed by atoms with Crippen LogP contribution < -0.4 is 5.32 Å². The minimum Gasteiger partial charge on any atom is -0.352 e. The van der Waals surface area contributed by atoms with Gasteiger partial charge in [0.05, 0.1) is 0 Å².